The van der Waals surface area contributed by atoms with Crippen LogP contribution in [0.1, 0.15) is 136 Å². The number of carbonyl (C=O) groups is 2. The van der Waals surface area contributed by atoms with Crippen molar-refractivity contribution in [2.24, 2.45) is 0 Å². The smallest absolute Gasteiger partial charge is 0.306 e. The zero-order valence-corrected chi connectivity index (χ0v) is 24.0. The lowest BCUT2D eigenvalue weighted by molar-refractivity contribution is -0.161. The Morgan fingerprint density at radius 1 is 0.649 bits per heavy atom. The first kappa shape index (κ1) is 35.1. The fraction of sp³-hybridized carbons (Fsp3) is 0.750. The topological polar surface area (TPSA) is 72.8 Å². The van der Waals surface area contributed by atoms with E-state index in [1.165, 1.54) is 38.5 Å². The van der Waals surface area contributed by atoms with E-state index in [1.807, 2.05) is 0 Å². The van der Waals surface area contributed by atoms with Crippen molar-refractivity contribution in [3.8, 4) is 0 Å². The van der Waals surface area contributed by atoms with E-state index in [2.05, 4.69) is 50.3 Å². The molecule has 0 heterocycles. The first-order chi connectivity index (χ1) is 18.1. The summed E-state index contributed by atoms with van der Waals surface area (Å²) < 4.78 is 10.5. The van der Waals surface area contributed by atoms with Gasteiger partial charge in [-0.1, -0.05) is 115 Å². The highest BCUT2D eigenvalue weighted by atomic mass is 16.6. The second-order valence-corrected chi connectivity index (χ2v) is 9.80. The third kappa shape index (κ3) is 27.0. The molecule has 0 aromatic rings. The number of hydrogen-bond donors (Lipinski definition) is 1. The highest BCUT2D eigenvalue weighted by Gasteiger charge is 2.16. The quantitative estimate of drug-likeness (QED) is 0.0702. The monoisotopic (exact) mass is 520 g/mol. The van der Waals surface area contributed by atoms with Crippen molar-refractivity contribution in [1.82, 2.24) is 0 Å². The summed E-state index contributed by atoms with van der Waals surface area (Å²) in [6.45, 7) is 3.95. The van der Waals surface area contributed by atoms with Crippen LogP contribution in [0.5, 0.6) is 0 Å². The first-order valence-corrected chi connectivity index (χ1v) is 15.0. The maximum absolute atomic E-state index is 12.0. The molecule has 0 aromatic carbocycles. The van der Waals surface area contributed by atoms with Crippen LogP contribution >= 0.6 is 0 Å². The molecular weight excluding hydrogens is 464 g/mol. The molecule has 0 aliphatic heterocycles. The third-order valence-corrected chi connectivity index (χ3v) is 6.20. The average molecular weight is 521 g/mol. The normalized spacial score (nSPS) is 12.6. The Balaban J connectivity index is 3.65. The van der Waals surface area contributed by atoms with Crippen LogP contribution in [-0.4, -0.2) is 36.4 Å². The van der Waals surface area contributed by atoms with E-state index in [4.69, 9.17) is 9.47 Å². The molecule has 0 bridgehead atoms. The number of aliphatic hydroxyl groups is 1. The number of carbonyl (C=O) groups excluding carboxylic acids is 2. The molecule has 0 aliphatic rings. The van der Waals surface area contributed by atoms with Crippen molar-refractivity contribution in [2.75, 3.05) is 13.2 Å². The molecule has 5 nitrogen and oxygen atoms in total. The summed E-state index contributed by atoms with van der Waals surface area (Å²) in [6.07, 6.45) is 32.0. The molecular formula is C32H56O5. The van der Waals surface area contributed by atoms with Crippen LogP contribution in [-0.2, 0) is 19.1 Å². The van der Waals surface area contributed by atoms with Gasteiger partial charge in [-0.15, -0.1) is 0 Å². The third-order valence-electron chi connectivity index (χ3n) is 6.20. The number of allylic oxidation sites excluding steroid dienone is 6. The molecule has 0 fully saturated rings. The maximum atomic E-state index is 12.0. The lowest BCUT2D eigenvalue weighted by atomic mass is 10.1. The molecule has 37 heavy (non-hydrogen) atoms. The standard InChI is InChI=1S/C32H56O5/c1-3-5-7-9-11-13-14-15-16-17-18-19-21-23-25-27-32(35)37-30(28-33)29-36-31(34)26-24-22-20-12-10-8-6-4-2/h5,7,11,13,15-16,30,33H,3-4,6,8-10,12,14,17-29H2,1-2H3/b7-5+,13-11+,16-15+/t30-/m0/s1. The van der Waals surface area contributed by atoms with Gasteiger partial charge < -0.3 is 14.6 Å². The molecule has 0 rings (SSSR count). The van der Waals surface area contributed by atoms with E-state index >= 15 is 0 Å². The van der Waals surface area contributed by atoms with E-state index < -0.39 is 6.10 Å². The van der Waals surface area contributed by atoms with Crippen molar-refractivity contribution in [2.45, 2.75) is 142 Å². The number of hydrogen-bond acceptors (Lipinski definition) is 5. The van der Waals surface area contributed by atoms with Crippen molar-refractivity contribution < 1.29 is 24.2 Å². The van der Waals surface area contributed by atoms with Crippen molar-refractivity contribution in [3.05, 3.63) is 36.5 Å². The molecule has 214 valence electrons. The molecule has 0 aromatic heterocycles. The molecule has 0 saturated carbocycles. The van der Waals surface area contributed by atoms with Gasteiger partial charge >= 0.3 is 11.9 Å². The minimum Gasteiger partial charge on any atom is -0.462 e. The van der Waals surface area contributed by atoms with Gasteiger partial charge in [0.1, 0.15) is 6.61 Å². The molecule has 0 radical (unpaired) electrons. The summed E-state index contributed by atoms with van der Waals surface area (Å²) in [4.78, 5) is 23.9. The molecule has 0 amide bonds. The van der Waals surface area contributed by atoms with Crippen LogP contribution in [0.3, 0.4) is 0 Å². The number of unbranched alkanes of at least 4 members (excludes halogenated alkanes) is 12. The minimum atomic E-state index is -0.774. The predicted molar refractivity (Wildman–Crippen MR) is 154 cm³/mol. The molecule has 0 saturated heterocycles. The zero-order valence-electron chi connectivity index (χ0n) is 24.0. The Labute approximate surface area is 227 Å². The summed E-state index contributed by atoms with van der Waals surface area (Å²) >= 11 is 0. The van der Waals surface area contributed by atoms with E-state index in [0.717, 1.165) is 70.6 Å². The Kier molecular flexibility index (Phi) is 27.2. The SMILES string of the molecule is CC/C=C/C/C=C/C/C=C/CCCCCCCC(=O)O[C@@H](CO)COC(=O)CCCCCCCCCC. The highest BCUT2D eigenvalue weighted by molar-refractivity contribution is 5.70. The summed E-state index contributed by atoms with van der Waals surface area (Å²) in [5, 5.41) is 9.45. The van der Waals surface area contributed by atoms with E-state index in [0.29, 0.717) is 12.8 Å². The highest BCUT2D eigenvalue weighted by Crippen LogP contribution is 2.11. The Morgan fingerprint density at radius 3 is 1.76 bits per heavy atom. The second kappa shape index (κ2) is 28.7. The number of aliphatic hydroxyl groups excluding tert-OH is 1. The zero-order chi connectivity index (χ0) is 27.2. The predicted octanol–water partition coefficient (Wildman–Crippen LogP) is 8.55. The second-order valence-electron chi connectivity index (χ2n) is 9.80. The summed E-state index contributed by atoms with van der Waals surface area (Å²) in [5.41, 5.74) is 0. The molecule has 0 unspecified atom stereocenters. The number of esters is 2. The Morgan fingerprint density at radius 2 is 1.16 bits per heavy atom. The van der Waals surface area contributed by atoms with E-state index in [-0.39, 0.29) is 25.2 Å². The molecule has 1 N–H and O–H groups in total. The Bertz CT molecular complexity index is 608. The van der Waals surface area contributed by atoms with Crippen molar-refractivity contribution in [1.29, 1.82) is 0 Å². The van der Waals surface area contributed by atoms with Crippen LogP contribution in [0.2, 0.25) is 0 Å². The Hall–Kier alpha value is -1.88. The molecule has 1 atom stereocenters. The van der Waals surface area contributed by atoms with Crippen molar-refractivity contribution >= 4 is 11.9 Å². The van der Waals surface area contributed by atoms with Gasteiger partial charge in [0.05, 0.1) is 6.61 Å². The van der Waals surface area contributed by atoms with Gasteiger partial charge in [0.2, 0.25) is 0 Å². The summed E-state index contributed by atoms with van der Waals surface area (Å²) in [7, 11) is 0. The van der Waals surface area contributed by atoms with Gasteiger partial charge in [-0.05, 0) is 44.9 Å². The van der Waals surface area contributed by atoms with Gasteiger partial charge in [-0.3, -0.25) is 9.59 Å². The van der Waals surface area contributed by atoms with Crippen LogP contribution in [0.4, 0.5) is 0 Å². The van der Waals surface area contributed by atoms with Gasteiger partial charge in [0, 0.05) is 12.8 Å². The van der Waals surface area contributed by atoms with Crippen LogP contribution in [0.25, 0.3) is 0 Å². The maximum Gasteiger partial charge on any atom is 0.306 e. The largest absolute Gasteiger partial charge is 0.462 e. The lowest BCUT2D eigenvalue weighted by Gasteiger charge is -2.15. The lowest BCUT2D eigenvalue weighted by Crippen LogP contribution is -2.28. The van der Waals surface area contributed by atoms with Gasteiger partial charge in [0.15, 0.2) is 6.10 Å². The molecule has 0 aliphatic carbocycles. The fourth-order valence-corrected chi connectivity index (χ4v) is 3.92. The fourth-order valence-electron chi connectivity index (χ4n) is 3.92. The van der Waals surface area contributed by atoms with Gasteiger partial charge in [-0.2, -0.15) is 0 Å². The van der Waals surface area contributed by atoms with E-state index in [9.17, 15) is 14.7 Å². The van der Waals surface area contributed by atoms with Gasteiger partial charge in [0.25, 0.3) is 0 Å². The van der Waals surface area contributed by atoms with Gasteiger partial charge in [-0.25, -0.2) is 0 Å². The molecule has 5 heteroatoms. The summed E-state index contributed by atoms with van der Waals surface area (Å²) in [6, 6.07) is 0. The minimum absolute atomic E-state index is 0.0721. The van der Waals surface area contributed by atoms with Crippen LogP contribution in [0, 0.1) is 0 Å². The van der Waals surface area contributed by atoms with E-state index in [1.54, 1.807) is 0 Å². The average Bonchev–Trinajstić information content (AvgIpc) is 2.90. The van der Waals surface area contributed by atoms with Crippen LogP contribution in [0.15, 0.2) is 36.5 Å². The molecule has 0 spiro atoms. The first-order valence-electron chi connectivity index (χ1n) is 15.0. The summed E-state index contributed by atoms with van der Waals surface area (Å²) in [5.74, 6) is -0.619. The number of rotatable bonds is 26. The number of ether oxygens (including phenoxy) is 2. The van der Waals surface area contributed by atoms with Crippen molar-refractivity contribution in [3.63, 3.8) is 0 Å². The van der Waals surface area contributed by atoms with Crippen LogP contribution < -0.4 is 0 Å².